The Labute approximate surface area is 135 Å². The van der Waals surface area contributed by atoms with Crippen molar-refractivity contribution in [1.82, 2.24) is 5.32 Å². The van der Waals surface area contributed by atoms with E-state index in [1.165, 1.54) is 0 Å². The molecule has 5 nitrogen and oxygen atoms in total. The SMILES string of the molecule is O=C(COc1ccc(Br)cc1Cl)NC1CCC(C(=O)O)C1. The van der Waals surface area contributed by atoms with E-state index < -0.39 is 5.97 Å². The smallest absolute Gasteiger partial charge is 0.306 e. The van der Waals surface area contributed by atoms with E-state index in [4.69, 9.17) is 21.4 Å². The summed E-state index contributed by atoms with van der Waals surface area (Å²) in [6, 6.07) is 5.04. The van der Waals surface area contributed by atoms with E-state index in [0.717, 1.165) is 4.47 Å². The van der Waals surface area contributed by atoms with Crippen LogP contribution in [0.4, 0.5) is 0 Å². The standard InChI is InChI=1S/C14H15BrClNO4/c15-9-2-4-12(11(16)6-9)21-7-13(18)17-10-3-1-8(5-10)14(19)20/h2,4,6,8,10H,1,3,5,7H2,(H,17,18)(H,19,20). The molecule has 0 radical (unpaired) electrons. The maximum Gasteiger partial charge on any atom is 0.306 e. The fourth-order valence-electron chi connectivity index (χ4n) is 2.34. The van der Waals surface area contributed by atoms with Gasteiger partial charge in [-0.05, 0) is 37.5 Å². The Kier molecular flexibility index (Phi) is 5.47. The lowest BCUT2D eigenvalue weighted by atomic mass is 10.1. The summed E-state index contributed by atoms with van der Waals surface area (Å²) >= 11 is 9.27. The van der Waals surface area contributed by atoms with E-state index in [2.05, 4.69) is 21.2 Å². The molecule has 1 aliphatic carbocycles. The van der Waals surface area contributed by atoms with Crippen molar-refractivity contribution in [3.63, 3.8) is 0 Å². The Balaban J connectivity index is 1.79. The number of hydrogen-bond donors (Lipinski definition) is 2. The Hall–Kier alpha value is -1.27. The maximum absolute atomic E-state index is 11.8. The molecule has 1 amide bonds. The third kappa shape index (κ3) is 4.61. The van der Waals surface area contributed by atoms with Crippen LogP contribution in [-0.2, 0) is 9.59 Å². The molecule has 0 heterocycles. The fourth-order valence-corrected chi connectivity index (χ4v) is 3.07. The van der Waals surface area contributed by atoms with Crippen LogP contribution in [0.25, 0.3) is 0 Å². The molecule has 114 valence electrons. The predicted octanol–water partition coefficient (Wildman–Crippen LogP) is 2.85. The van der Waals surface area contributed by atoms with Crippen molar-refractivity contribution in [3.05, 3.63) is 27.7 Å². The van der Waals surface area contributed by atoms with Gasteiger partial charge in [-0.15, -0.1) is 0 Å². The summed E-state index contributed by atoms with van der Waals surface area (Å²) in [7, 11) is 0. The normalized spacial score (nSPS) is 21.0. The topological polar surface area (TPSA) is 75.6 Å². The summed E-state index contributed by atoms with van der Waals surface area (Å²) < 4.78 is 6.19. The molecule has 2 rings (SSSR count). The van der Waals surface area contributed by atoms with Crippen molar-refractivity contribution >= 4 is 39.4 Å². The maximum atomic E-state index is 11.8. The minimum Gasteiger partial charge on any atom is -0.482 e. The van der Waals surface area contributed by atoms with Crippen molar-refractivity contribution in [2.24, 2.45) is 5.92 Å². The molecule has 0 bridgehead atoms. The Bertz CT molecular complexity index is 552. The van der Waals surface area contributed by atoms with Crippen LogP contribution in [0, 0.1) is 5.92 Å². The molecule has 21 heavy (non-hydrogen) atoms. The van der Waals surface area contributed by atoms with E-state index in [1.54, 1.807) is 18.2 Å². The van der Waals surface area contributed by atoms with Crippen LogP contribution in [0.5, 0.6) is 5.75 Å². The zero-order valence-corrected chi connectivity index (χ0v) is 13.5. The summed E-state index contributed by atoms with van der Waals surface area (Å²) in [6.07, 6.45) is 1.75. The number of carbonyl (C=O) groups excluding carboxylic acids is 1. The van der Waals surface area contributed by atoms with Gasteiger partial charge in [-0.1, -0.05) is 27.5 Å². The molecular formula is C14H15BrClNO4. The molecule has 1 fully saturated rings. The van der Waals surface area contributed by atoms with Crippen LogP contribution in [0.2, 0.25) is 5.02 Å². The number of carbonyl (C=O) groups is 2. The number of carboxylic acid groups (broad SMARTS) is 1. The van der Waals surface area contributed by atoms with Gasteiger partial charge in [-0.2, -0.15) is 0 Å². The molecule has 0 saturated heterocycles. The van der Waals surface area contributed by atoms with Gasteiger partial charge in [0.05, 0.1) is 10.9 Å². The molecule has 2 atom stereocenters. The van der Waals surface area contributed by atoms with Crippen molar-refractivity contribution in [1.29, 1.82) is 0 Å². The highest BCUT2D eigenvalue weighted by Gasteiger charge is 2.30. The average Bonchev–Trinajstić information content (AvgIpc) is 2.86. The Morgan fingerprint density at radius 1 is 1.43 bits per heavy atom. The summed E-state index contributed by atoms with van der Waals surface area (Å²) in [5, 5.41) is 12.1. The number of ether oxygens (including phenoxy) is 1. The molecule has 1 aliphatic rings. The second-order valence-corrected chi connectivity index (χ2v) is 6.30. The Morgan fingerprint density at radius 2 is 2.19 bits per heavy atom. The highest BCUT2D eigenvalue weighted by Crippen LogP contribution is 2.28. The third-order valence-electron chi connectivity index (χ3n) is 3.40. The molecular weight excluding hydrogens is 362 g/mol. The van der Waals surface area contributed by atoms with Crippen LogP contribution in [-0.4, -0.2) is 29.6 Å². The molecule has 2 unspecified atom stereocenters. The van der Waals surface area contributed by atoms with E-state index in [0.29, 0.717) is 30.0 Å². The molecule has 0 spiro atoms. The molecule has 1 saturated carbocycles. The first-order valence-corrected chi connectivity index (χ1v) is 7.73. The molecule has 0 aliphatic heterocycles. The highest BCUT2D eigenvalue weighted by atomic mass is 79.9. The number of aliphatic carboxylic acids is 1. The molecule has 2 N–H and O–H groups in total. The zero-order chi connectivity index (χ0) is 15.4. The number of rotatable bonds is 5. The van der Waals surface area contributed by atoms with Gasteiger partial charge in [-0.3, -0.25) is 9.59 Å². The number of halogens is 2. The highest BCUT2D eigenvalue weighted by molar-refractivity contribution is 9.10. The quantitative estimate of drug-likeness (QED) is 0.828. The van der Waals surface area contributed by atoms with Crippen LogP contribution in [0.3, 0.4) is 0 Å². The van der Waals surface area contributed by atoms with Crippen molar-refractivity contribution in [3.8, 4) is 5.75 Å². The lowest BCUT2D eigenvalue weighted by molar-refractivity contribution is -0.141. The molecule has 1 aromatic carbocycles. The van der Waals surface area contributed by atoms with Crippen molar-refractivity contribution in [2.75, 3.05) is 6.61 Å². The number of hydrogen-bond acceptors (Lipinski definition) is 3. The zero-order valence-electron chi connectivity index (χ0n) is 11.1. The number of benzene rings is 1. The largest absolute Gasteiger partial charge is 0.482 e. The van der Waals surface area contributed by atoms with Crippen LogP contribution < -0.4 is 10.1 Å². The summed E-state index contributed by atoms with van der Waals surface area (Å²) in [5.41, 5.74) is 0. The van der Waals surface area contributed by atoms with E-state index in [1.807, 2.05) is 0 Å². The van der Waals surface area contributed by atoms with E-state index >= 15 is 0 Å². The number of nitrogens with one attached hydrogen (secondary N) is 1. The van der Waals surface area contributed by atoms with Gasteiger partial charge in [0.2, 0.25) is 0 Å². The van der Waals surface area contributed by atoms with Crippen LogP contribution >= 0.6 is 27.5 Å². The van der Waals surface area contributed by atoms with Gasteiger partial charge in [0, 0.05) is 10.5 Å². The van der Waals surface area contributed by atoms with Crippen LogP contribution in [0.15, 0.2) is 22.7 Å². The van der Waals surface area contributed by atoms with Gasteiger partial charge in [-0.25, -0.2) is 0 Å². The lowest BCUT2D eigenvalue weighted by Crippen LogP contribution is -2.36. The first kappa shape index (κ1) is 16.1. The average molecular weight is 377 g/mol. The first-order valence-electron chi connectivity index (χ1n) is 6.55. The lowest BCUT2D eigenvalue weighted by Gasteiger charge is -2.13. The van der Waals surface area contributed by atoms with Gasteiger partial charge < -0.3 is 15.2 Å². The summed E-state index contributed by atoms with van der Waals surface area (Å²) in [6.45, 7) is -0.143. The van der Waals surface area contributed by atoms with Gasteiger partial charge in [0.1, 0.15) is 5.75 Å². The van der Waals surface area contributed by atoms with E-state index in [9.17, 15) is 9.59 Å². The molecule has 7 heteroatoms. The third-order valence-corrected chi connectivity index (χ3v) is 4.19. The van der Waals surface area contributed by atoms with Gasteiger partial charge in [0.15, 0.2) is 6.61 Å². The first-order chi connectivity index (χ1) is 9.95. The van der Waals surface area contributed by atoms with E-state index in [-0.39, 0.29) is 24.5 Å². The predicted molar refractivity (Wildman–Crippen MR) is 81.6 cm³/mol. The molecule has 1 aromatic rings. The molecule has 0 aromatic heterocycles. The second kappa shape index (κ2) is 7.13. The second-order valence-electron chi connectivity index (χ2n) is 4.98. The minimum absolute atomic E-state index is 0.0948. The summed E-state index contributed by atoms with van der Waals surface area (Å²) in [4.78, 5) is 22.6. The van der Waals surface area contributed by atoms with Crippen LogP contribution in [0.1, 0.15) is 19.3 Å². The van der Waals surface area contributed by atoms with Gasteiger partial charge >= 0.3 is 5.97 Å². The minimum atomic E-state index is -0.801. The Morgan fingerprint density at radius 3 is 2.81 bits per heavy atom. The monoisotopic (exact) mass is 375 g/mol. The van der Waals surface area contributed by atoms with Crippen molar-refractivity contribution < 1.29 is 19.4 Å². The summed E-state index contributed by atoms with van der Waals surface area (Å²) in [5.74, 6) is -1.00. The number of carboxylic acids is 1. The number of amides is 1. The fraction of sp³-hybridized carbons (Fsp3) is 0.429. The van der Waals surface area contributed by atoms with Crippen molar-refractivity contribution in [2.45, 2.75) is 25.3 Å². The van der Waals surface area contributed by atoms with Gasteiger partial charge in [0.25, 0.3) is 5.91 Å².